The van der Waals surface area contributed by atoms with E-state index in [4.69, 9.17) is 0 Å². The van der Waals surface area contributed by atoms with Crippen LogP contribution in [-0.4, -0.2) is 28.4 Å². The summed E-state index contributed by atoms with van der Waals surface area (Å²) in [5.41, 5.74) is 0.987. The fraction of sp³-hybridized carbons (Fsp3) is 0.333. The largest absolute Gasteiger partial charge is 0.340 e. The molecule has 0 aliphatic rings. The molecule has 0 aliphatic heterocycles. The Bertz CT molecular complexity index is 486. The minimum absolute atomic E-state index is 0.376. The van der Waals surface area contributed by atoms with Gasteiger partial charge in [0.15, 0.2) is 0 Å². The molecule has 1 aromatic heterocycles. The zero-order valence-corrected chi connectivity index (χ0v) is 11.0. The van der Waals surface area contributed by atoms with Crippen molar-refractivity contribution in [3.63, 3.8) is 0 Å². The molecule has 4 heteroatoms. The lowest BCUT2D eigenvalue weighted by atomic mass is 10.2. The number of para-hydroxylation sites is 1. The number of rotatable bonds is 3. The van der Waals surface area contributed by atoms with Gasteiger partial charge in [0.05, 0.1) is 5.52 Å². The SMILES string of the molecule is CC(CBr)N(C)c1ncc2ccccc2n1. The summed E-state index contributed by atoms with van der Waals surface area (Å²) in [6.07, 6.45) is 1.87. The molecule has 84 valence electrons. The van der Waals surface area contributed by atoms with Gasteiger partial charge in [0.25, 0.3) is 0 Å². The highest BCUT2D eigenvalue weighted by atomic mass is 79.9. The number of nitrogens with zero attached hydrogens (tertiary/aromatic N) is 3. The third-order valence-corrected chi connectivity index (χ3v) is 3.61. The van der Waals surface area contributed by atoms with E-state index in [1.54, 1.807) is 0 Å². The molecule has 2 rings (SSSR count). The van der Waals surface area contributed by atoms with Crippen molar-refractivity contribution in [3.8, 4) is 0 Å². The minimum Gasteiger partial charge on any atom is -0.340 e. The van der Waals surface area contributed by atoms with Gasteiger partial charge >= 0.3 is 0 Å². The van der Waals surface area contributed by atoms with E-state index in [1.165, 1.54) is 0 Å². The summed E-state index contributed by atoms with van der Waals surface area (Å²) in [6.45, 7) is 2.13. The molecule has 0 N–H and O–H groups in total. The van der Waals surface area contributed by atoms with Gasteiger partial charge in [-0.05, 0) is 13.0 Å². The fourth-order valence-electron chi connectivity index (χ4n) is 1.43. The lowest BCUT2D eigenvalue weighted by molar-refractivity contribution is 0.745. The molecule has 3 nitrogen and oxygen atoms in total. The van der Waals surface area contributed by atoms with Crippen molar-refractivity contribution in [2.45, 2.75) is 13.0 Å². The van der Waals surface area contributed by atoms with Crippen molar-refractivity contribution in [1.29, 1.82) is 0 Å². The van der Waals surface area contributed by atoms with Crippen LogP contribution in [-0.2, 0) is 0 Å². The van der Waals surface area contributed by atoms with Gasteiger partial charge < -0.3 is 4.90 Å². The first-order chi connectivity index (χ1) is 7.72. The summed E-state index contributed by atoms with van der Waals surface area (Å²) in [5, 5.41) is 1.98. The topological polar surface area (TPSA) is 29.0 Å². The summed E-state index contributed by atoms with van der Waals surface area (Å²) in [6, 6.07) is 8.39. The molecule has 0 amide bonds. The third-order valence-electron chi connectivity index (χ3n) is 2.68. The zero-order valence-electron chi connectivity index (χ0n) is 9.39. The van der Waals surface area contributed by atoms with Gasteiger partial charge in [0, 0.05) is 30.0 Å². The van der Waals surface area contributed by atoms with Gasteiger partial charge in [-0.1, -0.05) is 34.1 Å². The lowest BCUT2D eigenvalue weighted by Gasteiger charge is -2.23. The lowest BCUT2D eigenvalue weighted by Crippen LogP contribution is -2.31. The number of benzene rings is 1. The van der Waals surface area contributed by atoms with Crippen LogP contribution in [0.3, 0.4) is 0 Å². The van der Waals surface area contributed by atoms with E-state index in [0.29, 0.717) is 6.04 Å². The van der Waals surface area contributed by atoms with Crippen molar-refractivity contribution in [2.24, 2.45) is 0 Å². The van der Waals surface area contributed by atoms with E-state index in [-0.39, 0.29) is 0 Å². The molecule has 1 aromatic carbocycles. The van der Waals surface area contributed by atoms with Crippen molar-refractivity contribution in [2.75, 3.05) is 17.3 Å². The first-order valence-corrected chi connectivity index (χ1v) is 6.35. The second-order valence-corrected chi connectivity index (χ2v) is 4.49. The summed E-state index contributed by atoms with van der Waals surface area (Å²) < 4.78 is 0. The van der Waals surface area contributed by atoms with Crippen molar-refractivity contribution < 1.29 is 0 Å². The third kappa shape index (κ3) is 2.16. The van der Waals surface area contributed by atoms with Crippen molar-refractivity contribution in [1.82, 2.24) is 9.97 Å². The first-order valence-electron chi connectivity index (χ1n) is 5.23. The number of alkyl halides is 1. The molecule has 0 radical (unpaired) electrons. The smallest absolute Gasteiger partial charge is 0.225 e. The molecule has 1 heterocycles. The molecular weight excluding hydrogens is 266 g/mol. The number of anilines is 1. The monoisotopic (exact) mass is 279 g/mol. The number of fused-ring (bicyclic) bond motifs is 1. The Kier molecular flexibility index (Phi) is 3.39. The van der Waals surface area contributed by atoms with E-state index in [9.17, 15) is 0 Å². The Hall–Kier alpha value is -1.16. The summed E-state index contributed by atoms with van der Waals surface area (Å²) in [7, 11) is 2.01. The Labute approximate surface area is 104 Å². The maximum Gasteiger partial charge on any atom is 0.225 e. The van der Waals surface area contributed by atoms with Gasteiger partial charge in [-0.15, -0.1) is 0 Å². The number of hydrogen-bond acceptors (Lipinski definition) is 3. The van der Waals surface area contributed by atoms with Crippen LogP contribution in [0.5, 0.6) is 0 Å². The maximum atomic E-state index is 4.54. The van der Waals surface area contributed by atoms with E-state index in [1.807, 2.05) is 37.5 Å². The number of halogens is 1. The predicted octanol–water partition coefficient (Wildman–Crippen LogP) is 2.85. The van der Waals surface area contributed by atoms with Gasteiger partial charge in [-0.3, -0.25) is 0 Å². The Morgan fingerprint density at radius 1 is 1.38 bits per heavy atom. The highest BCUT2D eigenvalue weighted by Gasteiger charge is 2.11. The summed E-state index contributed by atoms with van der Waals surface area (Å²) in [4.78, 5) is 11.0. The van der Waals surface area contributed by atoms with Gasteiger partial charge in [0.2, 0.25) is 5.95 Å². The molecule has 0 bridgehead atoms. The quantitative estimate of drug-likeness (QED) is 0.809. The van der Waals surface area contributed by atoms with Crippen LogP contribution < -0.4 is 4.90 Å². The Morgan fingerprint density at radius 3 is 2.88 bits per heavy atom. The summed E-state index contributed by atoms with van der Waals surface area (Å²) in [5.74, 6) is 0.769. The molecular formula is C12H14BrN3. The van der Waals surface area contributed by atoms with Crippen molar-refractivity contribution >= 4 is 32.8 Å². The van der Waals surface area contributed by atoms with Crippen LogP contribution in [0.4, 0.5) is 5.95 Å². The molecule has 0 saturated carbocycles. The fourth-order valence-corrected chi connectivity index (χ4v) is 1.87. The highest BCUT2D eigenvalue weighted by Crippen LogP contribution is 2.15. The molecule has 16 heavy (non-hydrogen) atoms. The van der Waals surface area contributed by atoms with E-state index < -0.39 is 0 Å². The Balaban J connectivity index is 2.39. The second-order valence-electron chi connectivity index (χ2n) is 3.84. The molecule has 0 spiro atoms. The average molecular weight is 280 g/mol. The second kappa shape index (κ2) is 4.78. The minimum atomic E-state index is 0.376. The summed E-state index contributed by atoms with van der Waals surface area (Å²) >= 11 is 3.47. The first kappa shape index (κ1) is 11.3. The van der Waals surface area contributed by atoms with Crippen LogP contribution in [0.1, 0.15) is 6.92 Å². The highest BCUT2D eigenvalue weighted by molar-refractivity contribution is 9.09. The van der Waals surface area contributed by atoms with Gasteiger partial charge in [-0.2, -0.15) is 0 Å². The Morgan fingerprint density at radius 2 is 2.12 bits per heavy atom. The number of hydrogen-bond donors (Lipinski definition) is 0. The molecule has 2 aromatic rings. The molecule has 1 unspecified atom stereocenters. The van der Waals surface area contributed by atoms with E-state index in [2.05, 4.69) is 37.7 Å². The molecule has 1 atom stereocenters. The van der Waals surface area contributed by atoms with Crippen LogP contribution in [0.2, 0.25) is 0 Å². The maximum absolute atomic E-state index is 4.54. The van der Waals surface area contributed by atoms with Gasteiger partial charge in [-0.25, -0.2) is 9.97 Å². The average Bonchev–Trinajstić information content (AvgIpc) is 2.36. The van der Waals surface area contributed by atoms with Crippen LogP contribution in [0.25, 0.3) is 10.9 Å². The molecule has 0 aliphatic carbocycles. The molecule has 0 fully saturated rings. The zero-order chi connectivity index (χ0) is 11.5. The van der Waals surface area contributed by atoms with Crippen LogP contribution >= 0.6 is 15.9 Å². The predicted molar refractivity (Wildman–Crippen MR) is 71.2 cm³/mol. The van der Waals surface area contributed by atoms with Crippen LogP contribution in [0, 0.1) is 0 Å². The van der Waals surface area contributed by atoms with E-state index in [0.717, 1.165) is 22.2 Å². The van der Waals surface area contributed by atoms with Crippen molar-refractivity contribution in [3.05, 3.63) is 30.5 Å². The molecule has 0 saturated heterocycles. The number of aromatic nitrogens is 2. The van der Waals surface area contributed by atoms with Crippen LogP contribution in [0.15, 0.2) is 30.5 Å². The van der Waals surface area contributed by atoms with Gasteiger partial charge in [0.1, 0.15) is 0 Å². The van der Waals surface area contributed by atoms with E-state index >= 15 is 0 Å². The standard InChI is InChI=1S/C12H14BrN3/c1-9(7-13)16(2)12-14-8-10-5-3-4-6-11(10)15-12/h3-6,8-9H,7H2,1-2H3. The normalized spacial score (nSPS) is 12.7.